The van der Waals surface area contributed by atoms with Crippen LogP contribution in [0.4, 0.5) is 0 Å². The molecule has 0 saturated carbocycles. The highest BCUT2D eigenvalue weighted by Gasteiger charge is 2.19. The lowest BCUT2D eigenvalue weighted by atomic mass is 10.3. The van der Waals surface area contributed by atoms with Crippen LogP contribution in [-0.2, 0) is 27.8 Å². The average molecular weight is 268 g/mol. The Morgan fingerprint density at radius 3 is 2.79 bits per heavy atom. The third-order valence-corrected chi connectivity index (χ3v) is 2.66. The lowest BCUT2D eigenvalue weighted by Crippen LogP contribution is -2.47. The van der Waals surface area contributed by atoms with Gasteiger partial charge in [0.25, 0.3) is 0 Å². The largest absolute Gasteiger partial charge is 0.467 e. The summed E-state index contributed by atoms with van der Waals surface area (Å²) in [6.45, 7) is 2.36. The lowest BCUT2D eigenvalue weighted by Gasteiger charge is -2.16. The van der Waals surface area contributed by atoms with Crippen LogP contribution in [0.1, 0.15) is 12.7 Å². The minimum Gasteiger partial charge on any atom is -0.467 e. The number of nitrogens with zero attached hydrogens (tertiary/aromatic N) is 2. The predicted octanol–water partition coefficient (Wildman–Crippen LogP) is -0.770. The van der Waals surface area contributed by atoms with E-state index in [-0.39, 0.29) is 5.91 Å². The smallest absolute Gasteiger partial charge is 0.329 e. The molecule has 0 aromatic carbocycles. The zero-order valence-electron chi connectivity index (χ0n) is 11.5. The number of ether oxygens (including phenoxy) is 1. The summed E-state index contributed by atoms with van der Waals surface area (Å²) in [6, 6.07) is -0.663. The fraction of sp³-hybridized carbons (Fsp3) is 0.583. The second-order valence-electron chi connectivity index (χ2n) is 4.18. The average Bonchev–Trinajstić information content (AvgIpc) is 2.77. The quantitative estimate of drug-likeness (QED) is 0.501. The monoisotopic (exact) mass is 268 g/mol. The second-order valence-corrected chi connectivity index (χ2v) is 4.18. The van der Waals surface area contributed by atoms with Crippen LogP contribution in [0.15, 0.2) is 12.4 Å². The van der Waals surface area contributed by atoms with E-state index in [0.29, 0.717) is 13.1 Å². The second kappa shape index (κ2) is 7.52. The van der Waals surface area contributed by atoms with Gasteiger partial charge in [0.1, 0.15) is 11.9 Å². The van der Waals surface area contributed by atoms with E-state index in [9.17, 15) is 9.59 Å². The normalized spacial score (nSPS) is 11.9. The Hall–Kier alpha value is -1.89. The van der Waals surface area contributed by atoms with Gasteiger partial charge in [-0.25, -0.2) is 9.78 Å². The van der Waals surface area contributed by atoms with Gasteiger partial charge in [-0.2, -0.15) is 0 Å². The Labute approximate surface area is 112 Å². The molecule has 1 rings (SSSR count). The molecule has 1 aromatic heterocycles. The van der Waals surface area contributed by atoms with Crippen LogP contribution in [0, 0.1) is 0 Å². The molecule has 0 aliphatic carbocycles. The molecule has 2 N–H and O–H groups in total. The van der Waals surface area contributed by atoms with Crippen LogP contribution in [0.25, 0.3) is 0 Å². The first-order valence-corrected chi connectivity index (χ1v) is 6.06. The molecule has 0 bridgehead atoms. The van der Waals surface area contributed by atoms with Crippen molar-refractivity contribution in [1.82, 2.24) is 20.2 Å². The van der Waals surface area contributed by atoms with E-state index >= 15 is 0 Å². The van der Waals surface area contributed by atoms with Crippen LogP contribution in [0.5, 0.6) is 0 Å². The number of methoxy groups -OCH3 is 1. The molecule has 1 atom stereocenters. The van der Waals surface area contributed by atoms with Crippen LogP contribution in [0.3, 0.4) is 0 Å². The van der Waals surface area contributed by atoms with Crippen LogP contribution in [0.2, 0.25) is 0 Å². The molecule has 0 radical (unpaired) electrons. The van der Waals surface area contributed by atoms with E-state index in [1.54, 1.807) is 6.20 Å². The minimum absolute atomic E-state index is 0.263. The first-order valence-electron chi connectivity index (χ1n) is 6.06. The van der Waals surface area contributed by atoms with Gasteiger partial charge in [0.15, 0.2) is 0 Å². The highest BCUT2D eigenvalue weighted by molar-refractivity contribution is 5.83. The van der Waals surface area contributed by atoms with Gasteiger partial charge in [-0.05, 0) is 0 Å². The van der Waals surface area contributed by atoms with E-state index < -0.39 is 12.0 Å². The maximum atomic E-state index is 11.4. The fourth-order valence-corrected chi connectivity index (χ4v) is 1.66. The molecule has 0 saturated heterocycles. The molecule has 7 nitrogen and oxygen atoms in total. The number of imidazole rings is 1. The summed E-state index contributed by atoms with van der Waals surface area (Å²) < 4.78 is 6.56. The maximum Gasteiger partial charge on any atom is 0.329 e. The molecule has 1 amide bonds. The van der Waals surface area contributed by atoms with Gasteiger partial charge >= 0.3 is 5.97 Å². The molecule has 1 unspecified atom stereocenters. The number of rotatable bonds is 7. The summed E-state index contributed by atoms with van der Waals surface area (Å²) >= 11 is 0. The minimum atomic E-state index is -0.663. The molecular weight excluding hydrogens is 248 g/mol. The number of amides is 1. The fourth-order valence-electron chi connectivity index (χ4n) is 1.66. The van der Waals surface area contributed by atoms with Crippen molar-refractivity contribution >= 4 is 11.9 Å². The van der Waals surface area contributed by atoms with Crippen molar-refractivity contribution < 1.29 is 14.3 Å². The molecule has 0 aliphatic rings. The molecule has 7 heteroatoms. The Bertz CT molecular complexity index is 430. The van der Waals surface area contributed by atoms with Gasteiger partial charge in [0, 0.05) is 45.9 Å². The zero-order chi connectivity index (χ0) is 14.3. The Kier molecular flexibility index (Phi) is 6.01. The Morgan fingerprint density at radius 2 is 2.26 bits per heavy atom. The van der Waals surface area contributed by atoms with Gasteiger partial charge in [-0.15, -0.1) is 0 Å². The number of esters is 1. The number of nitrogens with one attached hydrogen (secondary N) is 2. The van der Waals surface area contributed by atoms with Gasteiger partial charge in [-0.3, -0.25) is 4.79 Å². The van der Waals surface area contributed by atoms with E-state index in [2.05, 4.69) is 20.4 Å². The molecule has 19 heavy (non-hydrogen) atoms. The number of aryl methyl sites for hydroxylation is 1. The van der Waals surface area contributed by atoms with E-state index in [4.69, 9.17) is 0 Å². The summed E-state index contributed by atoms with van der Waals surface area (Å²) in [4.78, 5) is 26.6. The van der Waals surface area contributed by atoms with Crippen molar-refractivity contribution in [3.63, 3.8) is 0 Å². The third-order valence-electron chi connectivity index (χ3n) is 2.66. The van der Waals surface area contributed by atoms with Crippen molar-refractivity contribution in [2.75, 3.05) is 20.2 Å². The van der Waals surface area contributed by atoms with E-state index in [1.807, 2.05) is 17.8 Å². The van der Waals surface area contributed by atoms with E-state index in [0.717, 1.165) is 12.2 Å². The summed E-state index contributed by atoms with van der Waals surface area (Å²) in [7, 11) is 3.22. The Morgan fingerprint density at radius 1 is 1.53 bits per heavy atom. The molecular formula is C12H20N4O3. The zero-order valence-corrected chi connectivity index (χ0v) is 11.5. The lowest BCUT2D eigenvalue weighted by molar-refractivity contribution is -0.144. The topological polar surface area (TPSA) is 85.2 Å². The summed E-state index contributed by atoms with van der Waals surface area (Å²) in [5.41, 5.74) is 0. The van der Waals surface area contributed by atoms with Crippen LogP contribution in [-0.4, -0.2) is 47.7 Å². The van der Waals surface area contributed by atoms with Crippen LogP contribution < -0.4 is 10.6 Å². The van der Waals surface area contributed by atoms with Gasteiger partial charge in [0.2, 0.25) is 5.91 Å². The summed E-state index contributed by atoms with van der Waals surface area (Å²) in [5.74, 6) is 0.239. The standard InChI is InChI=1S/C12H20N4O3/c1-9(17)15-10(12(18)19-3)8-13-5-4-11-14-6-7-16(11)2/h6-7,10,13H,4-5,8H2,1-3H3,(H,15,17). The SMILES string of the molecule is COC(=O)C(CNCCc1nccn1C)NC(C)=O. The van der Waals surface area contributed by atoms with Gasteiger partial charge in [0.05, 0.1) is 7.11 Å². The molecule has 0 aliphatic heterocycles. The highest BCUT2D eigenvalue weighted by atomic mass is 16.5. The molecule has 0 spiro atoms. The van der Waals surface area contributed by atoms with Crippen LogP contribution >= 0.6 is 0 Å². The van der Waals surface area contributed by atoms with Gasteiger partial charge < -0.3 is 19.9 Å². The van der Waals surface area contributed by atoms with Crippen molar-refractivity contribution in [2.45, 2.75) is 19.4 Å². The first-order chi connectivity index (χ1) is 9.04. The summed E-state index contributed by atoms with van der Waals surface area (Å²) in [6.07, 6.45) is 4.37. The number of carbonyl (C=O) groups excluding carboxylic acids is 2. The van der Waals surface area contributed by atoms with E-state index in [1.165, 1.54) is 14.0 Å². The molecule has 106 valence electrons. The third kappa shape index (κ3) is 5.09. The molecule has 1 aromatic rings. The van der Waals surface area contributed by atoms with Crippen molar-refractivity contribution in [2.24, 2.45) is 7.05 Å². The summed E-state index contributed by atoms with van der Waals surface area (Å²) in [5, 5.41) is 5.64. The number of carbonyl (C=O) groups is 2. The first kappa shape index (κ1) is 15.2. The van der Waals surface area contributed by atoms with Crippen molar-refractivity contribution in [3.8, 4) is 0 Å². The van der Waals surface area contributed by atoms with Crippen molar-refractivity contribution in [3.05, 3.63) is 18.2 Å². The number of hydrogen-bond acceptors (Lipinski definition) is 5. The maximum absolute atomic E-state index is 11.4. The number of aromatic nitrogens is 2. The highest BCUT2D eigenvalue weighted by Crippen LogP contribution is 1.94. The molecule has 0 fully saturated rings. The Balaban J connectivity index is 2.34. The number of hydrogen-bond donors (Lipinski definition) is 2. The van der Waals surface area contributed by atoms with Gasteiger partial charge in [-0.1, -0.05) is 0 Å². The molecule has 1 heterocycles. The predicted molar refractivity (Wildman–Crippen MR) is 69.4 cm³/mol. The van der Waals surface area contributed by atoms with Crippen molar-refractivity contribution in [1.29, 1.82) is 0 Å².